The van der Waals surface area contributed by atoms with Gasteiger partial charge >= 0.3 is 0 Å². The SMILES string of the molecule is O=C1[C@H]2C[C@H](CN3[C@@H]2CCC[C@@H]3O)[C@H]2CCCCN12. The number of carbonyl (C=O) groups excluding carboxylic acids is 1. The van der Waals surface area contributed by atoms with E-state index in [4.69, 9.17) is 0 Å². The van der Waals surface area contributed by atoms with Gasteiger partial charge in [0, 0.05) is 25.2 Å². The van der Waals surface area contributed by atoms with Gasteiger partial charge in [-0.1, -0.05) is 0 Å². The van der Waals surface area contributed by atoms with Crippen molar-refractivity contribution in [1.82, 2.24) is 9.80 Å². The van der Waals surface area contributed by atoms with Crippen LogP contribution >= 0.6 is 0 Å². The monoisotopic (exact) mass is 264 g/mol. The molecule has 4 saturated heterocycles. The van der Waals surface area contributed by atoms with Crippen molar-refractivity contribution in [2.45, 2.75) is 63.3 Å². The van der Waals surface area contributed by atoms with Crippen molar-refractivity contribution in [3.05, 3.63) is 0 Å². The molecule has 1 N–H and O–H groups in total. The number of aliphatic hydroxyl groups is 1. The third-order valence-electron chi connectivity index (χ3n) is 5.93. The van der Waals surface area contributed by atoms with Gasteiger partial charge in [0.2, 0.25) is 5.91 Å². The van der Waals surface area contributed by atoms with Gasteiger partial charge in [-0.15, -0.1) is 0 Å². The van der Waals surface area contributed by atoms with Gasteiger partial charge < -0.3 is 10.0 Å². The summed E-state index contributed by atoms with van der Waals surface area (Å²) in [7, 11) is 0. The molecule has 1 amide bonds. The molecule has 4 aliphatic rings. The lowest BCUT2D eigenvalue weighted by molar-refractivity contribution is -0.172. The molecule has 0 aliphatic carbocycles. The van der Waals surface area contributed by atoms with Crippen LogP contribution in [0.5, 0.6) is 0 Å². The number of amides is 1. The highest BCUT2D eigenvalue weighted by molar-refractivity contribution is 5.81. The van der Waals surface area contributed by atoms with Crippen molar-refractivity contribution in [2.24, 2.45) is 11.8 Å². The highest BCUT2D eigenvalue weighted by atomic mass is 16.3. The summed E-state index contributed by atoms with van der Waals surface area (Å²) in [6.45, 7) is 1.99. The fourth-order valence-electron chi connectivity index (χ4n) is 5.06. The van der Waals surface area contributed by atoms with E-state index in [1.165, 1.54) is 19.3 Å². The van der Waals surface area contributed by atoms with E-state index in [0.717, 1.165) is 38.8 Å². The molecule has 4 rings (SSSR count). The lowest BCUT2D eigenvalue weighted by Crippen LogP contribution is -2.67. The summed E-state index contributed by atoms with van der Waals surface area (Å²) < 4.78 is 0. The summed E-state index contributed by atoms with van der Waals surface area (Å²) in [6.07, 6.45) is 7.45. The summed E-state index contributed by atoms with van der Waals surface area (Å²) in [6, 6.07) is 0.781. The standard InChI is InChI=1S/C15H24N2O2/c18-14-6-3-5-13-11-8-10(9-17(13)14)12-4-1-2-7-16(12)15(11)19/h10-14,18H,1-9H2/t10-,11+,12-,13-,14+/m1/s1. The van der Waals surface area contributed by atoms with E-state index in [1.54, 1.807) is 0 Å². The summed E-state index contributed by atoms with van der Waals surface area (Å²) in [5, 5.41) is 10.2. The van der Waals surface area contributed by atoms with E-state index in [1.807, 2.05) is 0 Å². The fraction of sp³-hybridized carbons (Fsp3) is 0.933. The second kappa shape index (κ2) is 4.45. The Balaban J connectivity index is 1.64. The lowest BCUT2D eigenvalue weighted by atomic mass is 9.70. The molecule has 4 fully saturated rings. The van der Waals surface area contributed by atoms with Gasteiger partial charge in [-0.2, -0.15) is 0 Å². The molecule has 2 bridgehead atoms. The van der Waals surface area contributed by atoms with Crippen LogP contribution in [-0.4, -0.2) is 52.2 Å². The fourth-order valence-corrected chi connectivity index (χ4v) is 5.06. The minimum Gasteiger partial charge on any atom is -0.378 e. The number of fused-ring (bicyclic) bond motifs is 6. The normalized spacial score (nSPS) is 46.7. The summed E-state index contributed by atoms with van der Waals surface area (Å²) in [4.78, 5) is 17.2. The van der Waals surface area contributed by atoms with Crippen LogP contribution < -0.4 is 0 Å². The van der Waals surface area contributed by atoms with Crippen molar-refractivity contribution >= 4 is 5.91 Å². The number of aliphatic hydroxyl groups excluding tert-OH is 1. The Kier molecular flexibility index (Phi) is 2.85. The lowest BCUT2D eigenvalue weighted by Gasteiger charge is -2.57. The average Bonchev–Trinajstić information content (AvgIpc) is 2.45. The first-order chi connectivity index (χ1) is 9.25. The highest BCUT2D eigenvalue weighted by Gasteiger charge is 2.52. The van der Waals surface area contributed by atoms with Crippen LogP contribution in [0.4, 0.5) is 0 Å². The van der Waals surface area contributed by atoms with E-state index in [0.29, 0.717) is 23.9 Å². The first-order valence-corrected chi connectivity index (χ1v) is 8.00. The van der Waals surface area contributed by atoms with E-state index in [-0.39, 0.29) is 12.1 Å². The smallest absolute Gasteiger partial charge is 0.227 e. The minimum absolute atomic E-state index is 0.169. The van der Waals surface area contributed by atoms with Crippen LogP contribution in [0, 0.1) is 11.8 Å². The van der Waals surface area contributed by atoms with Crippen molar-refractivity contribution in [3.63, 3.8) is 0 Å². The predicted molar refractivity (Wildman–Crippen MR) is 71.3 cm³/mol. The Labute approximate surface area is 114 Å². The third kappa shape index (κ3) is 1.76. The largest absolute Gasteiger partial charge is 0.378 e. The van der Waals surface area contributed by atoms with Crippen molar-refractivity contribution in [1.29, 1.82) is 0 Å². The van der Waals surface area contributed by atoms with Gasteiger partial charge in [0.15, 0.2) is 0 Å². The van der Waals surface area contributed by atoms with E-state index < -0.39 is 0 Å². The Bertz CT molecular complexity index is 386. The van der Waals surface area contributed by atoms with Crippen LogP contribution in [0.3, 0.4) is 0 Å². The molecule has 5 atom stereocenters. The van der Waals surface area contributed by atoms with Gasteiger partial charge in [0.25, 0.3) is 0 Å². The van der Waals surface area contributed by atoms with Crippen molar-refractivity contribution in [2.75, 3.05) is 13.1 Å². The Morgan fingerprint density at radius 2 is 1.89 bits per heavy atom. The van der Waals surface area contributed by atoms with Crippen LogP contribution in [0.2, 0.25) is 0 Å². The summed E-state index contributed by atoms with van der Waals surface area (Å²) >= 11 is 0. The number of rotatable bonds is 0. The van der Waals surface area contributed by atoms with Gasteiger partial charge in [-0.25, -0.2) is 0 Å². The minimum atomic E-state index is -0.299. The van der Waals surface area contributed by atoms with Crippen molar-refractivity contribution in [3.8, 4) is 0 Å². The summed E-state index contributed by atoms with van der Waals surface area (Å²) in [5.74, 6) is 1.17. The molecule has 0 aromatic rings. The van der Waals surface area contributed by atoms with Crippen molar-refractivity contribution < 1.29 is 9.90 Å². The molecule has 106 valence electrons. The van der Waals surface area contributed by atoms with E-state index in [9.17, 15) is 9.90 Å². The molecule has 0 spiro atoms. The molecule has 4 nitrogen and oxygen atoms in total. The maximum Gasteiger partial charge on any atom is 0.227 e. The molecule has 19 heavy (non-hydrogen) atoms. The van der Waals surface area contributed by atoms with E-state index in [2.05, 4.69) is 9.80 Å². The topological polar surface area (TPSA) is 43.8 Å². The molecule has 4 heteroatoms. The Morgan fingerprint density at radius 1 is 1.05 bits per heavy atom. The van der Waals surface area contributed by atoms with Crippen LogP contribution in [0.1, 0.15) is 44.9 Å². The van der Waals surface area contributed by atoms with E-state index >= 15 is 0 Å². The molecule has 4 heterocycles. The molecule has 0 saturated carbocycles. The van der Waals surface area contributed by atoms with Gasteiger partial charge in [0.1, 0.15) is 6.23 Å². The highest BCUT2D eigenvalue weighted by Crippen LogP contribution is 2.44. The van der Waals surface area contributed by atoms with Gasteiger partial charge in [-0.3, -0.25) is 9.69 Å². The first-order valence-electron chi connectivity index (χ1n) is 8.00. The number of carbonyl (C=O) groups is 1. The Morgan fingerprint density at radius 3 is 2.79 bits per heavy atom. The average molecular weight is 264 g/mol. The number of piperidine rings is 4. The first kappa shape index (κ1) is 12.2. The zero-order chi connectivity index (χ0) is 13.0. The quantitative estimate of drug-likeness (QED) is 0.715. The summed E-state index contributed by atoms with van der Waals surface area (Å²) in [5.41, 5.74) is 0. The van der Waals surface area contributed by atoms with Gasteiger partial charge in [-0.05, 0) is 50.9 Å². The maximum absolute atomic E-state index is 12.7. The molecule has 0 unspecified atom stereocenters. The Hall–Kier alpha value is -0.610. The molecule has 4 aliphatic heterocycles. The molecular formula is C15H24N2O2. The van der Waals surface area contributed by atoms with Crippen LogP contribution in [0.25, 0.3) is 0 Å². The zero-order valence-electron chi connectivity index (χ0n) is 11.5. The van der Waals surface area contributed by atoms with Gasteiger partial charge in [0.05, 0.1) is 5.92 Å². The predicted octanol–water partition coefficient (Wildman–Crippen LogP) is 1.19. The molecule has 0 aromatic heterocycles. The molecule has 0 radical (unpaired) electrons. The zero-order valence-corrected chi connectivity index (χ0v) is 11.5. The number of hydrogen-bond donors (Lipinski definition) is 1. The molecule has 0 aromatic carbocycles. The van der Waals surface area contributed by atoms with Crippen LogP contribution in [-0.2, 0) is 4.79 Å². The molecular weight excluding hydrogens is 240 g/mol. The number of nitrogens with zero attached hydrogens (tertiary/aromatic N) is 2. The third-order valence-corrected chi connectivity index (χ3v) is 5.93. The van der Waals surface area contributed by atoms with Crippen LogP contribution in [0.15, 0.2) is 0 Å². The maximum atomic E-state index is 12.7. The number of hydrogen-bond acceptors (Lipinski definition) is 3. The second-order valence-electron chi connectivity index (χ2n) is 6.87. The second-order valence-corrected chi connectivity index (χ2v) is 6.87.